The molecule has 0 saturated carbocycles. The molecule has 5 aromatic rings. The minimum absolute atomic E-state index is 0.512. The van der Waals surface area contributed by atoms with Gasteiger partial charge in [0.1, 0.15) is 23.9 Å². The Morgan fingerprint density at radius 2 is 2.07 bits per heavy atom. The molecule has 0 fully saturated rings. The van der Waals surface area contributed by atoms with Gasteiger partial charge >= 0.3 is 0 Å². The number of rotatable bonds is 4. The van der Waals surface area contributed by atoms with Gasteiger partial charge in [0.25, 0.3) is 0 Å². The number of ether oxygens (including phenoxy) is 1. The minimum atomic E-state index is 0.512. The summed E-state index contributed by atoms with van der Waals surface area (Å²) in [4.78, 5) is 17.7. The summed E-state index contributed by atoms with van der Waals surface area (Å²) < 4.78 is 14.6. The third-order valence-electron chi connectivity index (χ3n) is 4.71. The van der Waals surface area contributed by atoms with E-state index in [1.54, 1.807) is 24.1 Å². The zero-order valence-corrected chi connectivity index (χ0v) is 15.6. The molecule has 0 unspecified atom stereocenters. The molecule has 9 heteroatoms. The third kappa shape index (κ3) is 2.51. The number of hydrogen-bond acceptors (Lipinski definition) is 7. The largest absolute Gasteiger partial charge is 0.479 e. The van der Waals surface area contributed by atoms with Gasteiger partial charge in [-0.3, -0.25) is 0 Å². The smallest absolute Gasteiger partial charge is 0.241 e. The molecule has 0 N–H and O–H groups in total. The molecule has 0 aliphatic heterocycles. The van der Waals surface area contributed by atoms with Gasteiger partial charge in [-0.15, -0.1) is 0 Å². The molecule has 0 aliphatic carbocycles. The summed E-state index contributed by atoms with van der Waals surface area (Å²) in [6, 6.07) is 4.04. The van der Waals surface area contributed by atoms with Crippen molar-refractivity contribution in [2.75, 3.05) is 7.11 Å². The summed E-state index contributed by atoms with van der Waals surface area (Å²) in [7, 11) is 1.60. The average Bonchev–Trinajstić information content (AvgIpc) is 3.39. The minimum Gasteiger partial charge on any atom is -0.479 e. The Balaban J connectivity index is 1.67. The van der Waals surface area contributed by atoms with Crippen molar-refractivity contribution in [1.29, 1.82) is 0 Å². The molecule has 0 spiro atoms. The number of aromatic nitrogens is 7. The highest BCUT2D eigenvalue weighted by molar-refractivity contribution is 5.87. The molecule has 9 nitrogen and oxygen atoms in total. The summed E-state index contributed by atoms with van der Waals surface area (Å²) in [6.45, 7) is 4.35. The molecule has 0 aliphatic rings. The standard InChI is InChI=1S/C19H17N7O2/c1-11-23-18-16(25(11)8-14-9-28-12(2)24-14)6-13(7-20-18)15-4-5-26-17(15)19(27-3)21-10-22-26/h4-7,9-10H,8H2,1-3H3. The van der Waals surface area contributed by atoms with E-state index in [1.165, 1.54) is 6.33 Å². The van der Waals surface area contributed by atoms with Crippen LogP contribution in [0.15, 0.2) is 41.5 Å². The van der Waals surface area contributed by atoms with Crippen LogP contribution in [0.4, 0.5) is 0 Å². The number of pyridine rings is 1. The van der Waals surface area contributed by atoms with Crippen molar-refractivity contribution in [2.45, 2.75) is 20.4 Å². The Morgan fingerprint density at radius 1 is 1.18 bits per heavy atom. The van der Waals surface area contributed by atoms with Crippen LogP contribution in [0, 0.1) is 13.8 Å². The van der Waals surface area contributed by atoms with Gasteiger partial charge < -0.3 is 13.7 Å². The van der Waals surface area contributed by atoms with Crippen molar-refractivity contribution < 1.29 is 9.15 Å². The van der Waals surface area contributed by atoms with Gasteiger partial charge in [0.05, 0.1) is 24.9 Å². The SMILES string of the molecule is COc1ncnn2ccc(-c3cnc4nc(C)n(Cc5coc(C)n5)c4c3)c12. The Morgan fingerprint density at radius 3 is 2.86 bits per heavy atom. The molecule has 0 bridgehead atoms. The highest BCUT2D eigenvalue weighted by atomic mass is 16.5. The van der Waals surface area contributed by atoms with Crippen molar-refractivity contribution in [3.05, 3.63) is 54.5 Å². The van der Waals surface area contributed by atoms with Gasteiger partial charge in [0, 0.05) is 30.4 Å². The number of fused-ring (bicyclic) bond motifs is 2. The maximum Gasteiger partial charge on any atom is 0.241 e. The van der Waals surface area contributed by atoms with Gasteiger partial charge in [0.15, 0.2) is 11.5 Å². The lowest BCUT2D eigenvalue weighted by Gasteiger charge is -2.06. The van der Waals surface area contributed by atoms with Gasteiger partial charge in [0.2, 0.25) is 5.88 Å². The van der Waals surface area contributed by atoms with Crippen molar-refractivity contribution in [3.8, 4) is 17.0 Å². The van der Waals surface area contributed by atoms with Gasteiger partial charge in [-0.1, -0.05) is 0 Å². The maximum absolute atomic E-state index is 5.42. The van der Waals surface area contributed by atoms with Crippen LogP contribution in [0.1, 0.15) is 17.4 Å². The number of hydrogen-bond donors (Lipinski definition) is 0. The molecule has 0 saturated heterocycles. The number of methoxy groups -OCH3 is 1. The summed E-state index contributed by atoms with van der Waals surface area (Å²) in [5, 5.41) is 4.25. The van der Waals surface area contributed by atoms with Crippen molar-refractivity contribution in [2.24, 2.45) is 0 Å². The van der Waals surface area contributed by atoms with Crippen LogP contribution >= 0.6 is 0 Å². The van der Waals surface area contributed by atoms with Crippen LogP contribution in [0.2, 0.25) is 0 Å². The molecule has 0 atom stereocenters. The summed E-state index contributed by atoms with van der Waals surface area (Å²) in [5.74, 6) is 2.02. The topological polar surface area (TPSA) is 96.2 Å². The Hall–Kier alpha value is -3.75. The molecule has 140 valence electrons. The third-order valence-corrected chi connectivity index (χ3v) is 4.71. The van der Waals surface area contributed by atoms with Crippen molar-refractivity contribution in [1.82, 2.24) is 34.1 Å². The fourth-order valence-corrected chi connectivity index (χ4v) is 3.42. The van der Waals surface area contributed by atoms with Crippen LogP contribution in [-0.4, -0.2) is 41.2 Å². The molecule has 5 heterocycles. The normalized spacial score (nSPS) is 11.5. The zero-order chi connectivity index (χ0) is 19.3. The fourth-order valence-electron chi connectivity index (χ4n) is 3.42. The quantitative estimate of drug-likeness (QED) is 0.476. The highest BCUT2D eigenvalue weighted by Crippen LogP contribution is 2.31. The van der Waals surface area contributed by atoms with Gasteiger partial charge in [-0.05, 0) is 19.1 Å². The molecule has 0 radical (unpaired) electrons. The summed E-state index contributed by atoms with van der Waals surface area (Å²) in [5.41, 5.74) is 5.12. The predicted molar refractivity (Wildman–Crippen MR) is 101 cm³/mol. The van der Waals surface area contributed by atoms with E-state index in [0.717, 1.165) is 33.7 Å². The maximum atomic E-state index is 5.42. The predicted octanol–water partition coefficient (Wildman–Crippen LogP) is 2.80. The first-order valence-corrected chi connectivity index (χ1v) is 8.74. The first-order chi connectivity index (χ1) is 13.6. The average molecular weight is 375 g/mol. The summed E-state index contributed by atoms with van der Waals surface area (Å²) in [6.07, 6.45) is 6.82. The molecular formula is C19H17N7O2. The second kappa shape index (κ2) is 6.15. The Kier molecular flexibility index (Phi) is 3.61. The number of nitrogens with zero attached hydrogens (tertiary/aromatic N) is 7. The van der Waals surface area contributed by atoms with Crippen LogP contribution in [-0.2, 0) is 6.54 Å². The van der Waals surface area contributed by atoms with Crippen LogP contribution in [0.5, 0.6) is 5.88 Å². The molecule has 5 aromatic heterocycles. The van der Waals surface area contributed by atoms with Crippen LogP contribution < -0.4 is 4.74 Å². The van der Waals surface area contributed by atoms with E-state index >= 15 is 0 Å². The van der Waals surface area contributed by atoms with Crippen LogP contribution in [0.3, 0.4) is 0 Å². The number of oxazole rings is 1. The van der Waals surface area contributed by atoms with Crippen molar-refractivity contribution >= 4 is 16.7 Å². The van der Waals surface area contributed by atoms with E-state index in [4.69, 9.17) is 9.15 Å². The molecule has 5 rings (SSSR count). The second-order valence-electron chi connectivity index (χ2n) is 6.46. The first-order valence-electron chi connectivity index (χ1n) is 8.74. The van der Waals surface area contributed by atoms with E-state index in [9.17, 15) is 0 Å². The van der Waals surface area contributed by atoms with E-state index in [-0.39, 0.29) is 0 Å². The van der Waals surface area contributed by atoms with E-state index in [2.05, 4.69) is 35.7 Å². The van der Waals surface area contributed by atoms with Gasteiger partial charge in [-0.25, -0.2) is 19.5 Å². The second-order valence-corrected chi connectivity index (χ2v) is 6.46. The van der Waals surface area contributed by atoms with E-state index < -0.39 is 0 Å². The van der Waals surface area contributed by atoms with E-state index in [1.807, 2.05) is 26.1 Å². The monoisotopic (exact) mass is 375 g/mol. The van der Waals surface area contributed by atoms with Crippen molar-refractivity contribution in [3.63, 3.8) is 0 Å². The molecule has 28 heavy (non-hydrogen) atoms. The van der Waals surface area contributed by atoms with Crippen LogP contribution in [0.25, 0.3) is 27.8 Å². The number of aryl methyl sites for hydroxylation is 2. The van der Waals surface area contributed by atoms with Gasteiger partial charge in [-0.2, -0.15) is 10.1 Å². The molecule has 0 amide bonds. The Labute approximate surface area is 159 Å². The van der Waals surface area contributed by atoms with E-state index in [0.29, 0.717) is 24.0 Å². The number of imidazole rings is 1. The lowest BCUT2D eigenvalue weighted by atomic mass is 10.1. The zero-order valence-electron chi connectivity index (χ0n) is 15.6. The Bertz CT molecular complexity index is 1310. The lowest BCUT2D eigenvalue weighted by molar-refractivity contribution is 0.399. The molecular weight excluding hydrogens is 358 g/mol. The summed E-state index contributed by atoms with van der Waals surface area (Å²) >= 11 is 0. The highest BCUT2D eigenvalue weighted by Gasteiger charge is 2.16. The molecule has 0 aromatic carbocycles. The first kappa shape index (κ1) is 16.4. The fraction of sp³-hybridized carbons (Fsp3) is 0.211. The lowest BCUT2D eigenvalue weighted by Crippen LogP contribution is -2.02.